The van der Waals surface area contributed by atoms with E-state index in [4.69, 9.17) is 4.74 Å². The van der Waals surface area contributed by atoms with Crippen LogP contribution in [0.5, 0.6) is 0 Å². The van der Waals surface area contributed by atoms with E-state index < -0.39 is 11.4 Å². The van der Waals surface area contributed by atoms with Crippen molar-refractivity contribution in [2.75, 3.05) is 49.7 Å². The first-order valence-corrected chi connectivity index (χ1v) is 6.99. The third-order valence-corrected chi connectivity index (χ3v) is 4.39. The number of anilines is 2. The number of carboxylic acid groups (broad SMARTS) is 1. The fourth-order valence-electron chi connectivity index (χ4n) is 3.06. The molecule has 0 saturated carbocycles. The normalized spacial score (nSPS) is 25.6. The van der Waals surface area contributed by atoms with Gasteiger partial charge >= 0.3 is 5.97 Å². The number of carbonyl (C=O) groups is 1. The second-order valence-corrected chi connectivity index (χ2v) is 5.72. The molecule has 5 heteroatoms. The third kappa shape index (κ3) is 2.12. The number of aliphatic carboxylic acids is 1. The van der Waals surface area contributed by atoms with Gasteiger partial charge in [0.15, 0.2) is 0 Å². The highest BCUT2D eigenvalue weighted by Gasteiger charge is 2.44. The number of likely N-dealkylation sites (N-methyl/N-ethyl adjacent to an activating group) is 1. The second kappa shape index (κ2) is 4.98. The standard InChI is InChI=1S/C15H20N2O3/c1-16-7-8-17(13-5-3-2-4-12(13)16)10-15(14(18)19)6-9-20-11-15/h2-5H,6-11H2,1H3,(H,18,19). The van der Waals surface area contributed by atoms with Crippen LogP contribution in [0.3, 0.4) is 0 Å². The maximum atomic E-state index is 11.7. The molecule has 108 valence electrons. The molecule has 20 heavy (non-hydrogen) atoms. The first-order chi connectivity index (χ1) is 9.62. The molecule has 1 unspecified atom stereocenters. The second-order valence-electron chi connectivity index (χ2n) is 5.72. The molecule has 2 heterocycles. The molecule has 1 fully saturated rings. The van der Waals surface area contributed by atoms with E-state index in [9.17, 15) is 9.90 Å². The van der Waals surface area contributed by atoms with Crippen molar-refractivity contribution in [1.82, 2.24) is 0 Å². The Balaban J connectivity index is 1.88. The summed E-state index contributed by atoms with van der Waals surface area (Å²) in [6.45, 7) is 3.14. The molecule has 3 rings (SSSR count). The van der Waals surface area contributed by atoms with E-state index in [0.29, 0.717) is 26.2 Å². The van der Waals surface area contributed by atoms with Crippen molar-refractivity contribution in [2.24, 2.45) is 5.41 Å². The van der Waals surface area contributed by atoms with Gasteiger partial charge in [-0.3, -0.25) is 4.79 Å². The minimum Gasteiger partial charge on any atom is -0.481 e. The average molecular weight is 276 g/mol. The van der Waals surface area contributed by atoms with Crippen LogP contribution in [0.15, 0.2) is 24.3 Å². The minimum atomic E-state index is -0.761. The fourth-order valence-corrected chi connectivity index (χ4v) is 3.06. The number of nitrogens with zero attached hydrogens (tertiary/aromatic N) is 2. The Bertz CT molecular complexity index is 512. The Labute approximate surface area is 118 Å². The van der Waals surface area contributed by atoms with Crippen LogP contribution in [0.2, 0.25) is 0 Å². The minimum absolute atomic E-state index is 0.316. The molecule has 1 aromatic rings. The van der Waals surface area contributed by atoms with Gasteiger partial charge in [-0.25, -0.2) is 0 Å². The van der Waals surface area contributed by atoms with Crippen molar-refractivity contribution in [1.29, 1.82) is 0 Å². The molecule has 1 aromatic carbocycles. The number of hydrogen-bond donors (Lipinski definition) is 1. The van der Waals surface area contributed by atoms with Crippen LogP contribution in [-0.2, 0) is 9.53 Å². The van der Waals surface area contributed by atoms with Gasteiger partial charge in [-0.1, -0.05) is 12.1 Å². The summed E-state index contributed by atoms with van der Waals surface area (Å²) in [6, 6.07) is 8.17. The number of para-hydroxylation sites is 2. The van der Waals surface area contributed by atoms with Gasteiger partial charge < -0.3 is 19.6 Å². The van der Waals surface area contributed by atoms with E-state index in [1.807, 2.05) is 12.1 Å². The molecule has 0 spiro atoms. The van der Waals surface area contributed by atoms with Crippen LogP contribution in [0.4, 0.5) is 11.4 Å². The van der Waals surface area contributed by atoms with Crippen LogP contribution in [0.25, 0.3) is 0 Å². The summed E-state index contributed by atoms with van der Waals surface area (Å²) in [7, 11) is 2.07. The van der Waals surface area contributed by atoms with Gasteiger partial charge in [-0.2, -0.15) is 0 Å². The van der Waals surface area contributed by atoms with Crippen molar-refractivity contribution in [3.05, 3.63) is 24.3 Å². The third-order valence-electron chi connectivity index (χ3n) is 4.39. The van der Waals surface area contributed by atoms with E-state index in [2.05, 4.69) is 29.0 Å². The largest absolute Gasteiger partial charge is 0.481 e. The quantitative estimate of drug-likeness (QED) is 0.905. The zero-order valence-electron chi connectivity index (χ0n) is 11.7. The van der Waals surface area contributed by atoms with E-state index in [1.54, 1.807) is 0 Å². The molecule has 2 aliphatic rings. The van der Waals surface area contributed by atoms with Gasteiger partial charge in [0.2, 0.25) is 0 Å². The number of ether oxygens (including phenoxy) is 1. The van der Waals surface area contributed by atoms with Crippen molar-refractivity contribution in [3.63, 3.8) is 0 Å². The van der Waals surface area contributed by atoms with Gasteiger partial charge in [-0.15, -0.1) is 0 Å². The van der Waals surface area contributed by atoms with E-state index in [-0.39, 0.29) is 0 Å². The lowest BCUT2D eigenvalue weighted by molar-refractivity contribution is -0.148. The SMILES string of the molecule is CN1CCN(CC2(C(=O)O)CCOC2)c2ccccc21. The topological polar surface area (TPSA) is 53.0 Å². The fraction of sp³-hybridized carbons (Fsp3) is 0.533. The molecule has 0 amide bonds. The summed E-state index contributed by atoms with van der Waals surface area (Å²) in [5, 5.41) is 9.58. The summed E-state index contributed by atoms with van der Waals surface area (Å²) in [5.41, 5.74) is 1.52. The van der Waals surface area contributed by atoms with E-state index in [1.165, 1.54) is 5.69 Å². The summed E-state index contributed by atoms with van der Waals surface area (Å²) in [4.78, 5) is 16.1. The highest BCUT2D eigenvalue weighted by molar-refractivity contribution is 5.78. The van der Waals surface area contributed by atoms with Gasteiger partial charge in [0.1, 0.15) is 5.41 Å². The number of carboxylic acids is 1. The number of fused-ring (bicyclic) bond motifs is 1. The lowest BCUT2D eigenvalue weighted by Gasteiger charge is -2.40. The zero-order chi connectivity index (χ0) is 14.2. The highest BCUT2D eigenvalue weighted by atomic mass is 16.5. The Kier molecular flexibility index (Phi) is 3.30. The molecule has 5 nitrogen and oxygen atoms in total. The molecule has 1 N–H and O–H groups in total. The zero-order valence-corrected chi connectivity index (χ0v) is 11.7. The average Bonchev–Trinajstić information content (AvgIpc) is 2.92. The number of benzene rings is 1. The van der Waals surface area contributed by atoms with Crippen LogP contribution in [0.1, 0.15) is 6.42 Å². The van der Waals surface area contributed by atoms with Crippen molar-refractivity contribution < 1.29 is 14.6 Å². The molecule has 0 radical (unpaired) electrons. The van der Waals surface area contributed by atoms with E-state index in [0.717, 1.165) is 18.8 Å². The van der Waals surface area contributed by atoms with Crippen LogP contribution in [-0.4, -0.2) is 51.0 Å². The number of rotatable bonds is 3. The molecule has 0 bridgehead atoms. The Morgan fingerprint density at radius 1 is 1.35 bits per heavy atom. The van der Waals surface area contributed by atoms with Crippen LogP contribution >= 0.6 is 0 Å². The van der Waals surface area contributed by atoms with Gasteiger partial charge in [-0.05, 0) is 18.6 Å². The maximum absolute atomic E-state index is 11.7. The predicted molar refractivity (Wildman–Crippen MR) is 77.4 cm³/mol. The van der Waals surface area contributed by atoms with E-state index >= 15 is 0 Å². The van der Waals surface area contributed by atoms with Gasteiger partial charge in [0.25, 0.3) is 0 Å². The molecule has 1 saturated heterocycles. The van der Waals surface area contributed by atoms with Gasteiger partial charge in [0, 0.05) is 33.3 Å². The Morgan fingerprint density at radius 3 is 2.75 bits per heavy atom. The smallest absolute Gasteiger partial charge is 0.313 e. The Hall–Kier alpha value is -1.75. The maximum Gasteiger partial charge on any atom is 0.313 e. The lowest BCUT2D eigenvalue weighted by atomic mass is 9.86. The summed E-state index contributed by atoms with van der Waals surface area (Å²) < 4.78 is 5.35. The molecular formula is C15H20N2O3. The molecule has 2 aliphatic heterocycles. The first-order valence-electron chi connectivity index (χ1n) is 6.99. The van der Waals surface area contributed by atoms with Crippen molar-refractivity contribution in [2.45, 2.75) is 6.42 Å². The Morgan fingerprint density at radius 2 is 2.10 bits per heavy atom. The van der Waals surface area contributed by atoms with Crippen molar-refractivity contribution >= 4 is 17.3 Å². The summed E-state index contributed by atoms with van der Waals surface area (Å²) in [6.07, 6.45) is 0.594. The first kappa shape index (κ1) is 13.2. The molecular weight excluding hydrogens is 256 g/mol. The predicted octanol–water partition coefficient (Wildman–Crippen LogP) is 1.43. The molecule has 1 atom stereocenters. The molecule has 0 aromatic heterocycles. The van der Waals surface area contributed by atoms with Crippen LogP contribution in [0, 0.1) is 5.41 Å². The van der Waals surface area contributed by atoms with Crippen molar-refractivity contribution in [3.8, 4) is 0 Å². The highest BCUT2D eigenvalue weighted by Crippen LogP contribution is 2.37. The molecule has 0 aliphatic carbocycles. The number of hydrogen-bond acceptors (Lipinski definition) is 4. The monoisotopic (exact) mass is 276 g/mol. The van der Waals surface area contributed by atoms with Crippen LogP contribution < -0.4 is 9.80 Å². The lowest BCUT2D eigenvalue weighted by Crippen LogP contribution is -2.48. The summed E-state index contributed by atoms with van der Waals surface area (Å²) in [5.74, 6) is -0.744. The van der Waals surface area contributed by atoms with Gasteiger partial charge in [0.05, 0.1) is 18.0 Å². The summed E-state index contributed by atoms with van der Waals surface area (Å²) >= 11 is 0.